The van der Waals surface area contributed by atoms with Crippen LogP contribution in [0.15, 0.2) is 0 Å². The lowest BCUT2D eigenvalue weighted by Crippen LogP contribution is -2.51. The topological polar surface area (TPSA) is 420 Å². The van der Waals surface area contributed by atoms with Gasteiger partial charge in [-0.15, -0.1) is 0 Å². The number of rotatable bonds is 47. The lowest BCUT2D eigenvalue weighted by Gasteiger charge is -2.35. The SMILES string of the molecule is C.CC(=O)CCCCCCCCCCCC(=O)CCC(C(=O)O)N1CCN(CC(=O)O)CCN(CC(=O)O)CCN(CC(=O)O)CC1.[B]C(=O)CCOCCOCCOCCCC(=O)CCC(C(=O)O)N1CCN(CC(=O)O)CCN(CC(=O)O)CCN(CC(=O)O)CC1. The van der Waals surface area contributed by atoms with Crippen molar-refractivity contribution in [1.82, 2.24) is 39.2 Å². The van der Waals surface area contributed by atoms with Gasteiger partial charge in [-0.2, -0.15) is 0 Å². The van der Waals surface area contributed by atoms with E-state index in [1.54, 1.807) is 46.1 Å². The van der Waals surface area contributed by atoms with Crippen LogP contribution in [0.3, 0.4) is 0 Å². The van der Waals surface area contributed by atoms with Crippen LogP contribution in [0.25, 0.3) is 0 Å². The van der Waals surface area contributed by atoms with Crippen molar-refractivity contribution in [3.63, 3.8) is 0 Å². The number of Topliss-reactive ketones (excluding diaryl/α,β-unsaturated/α-hetero) is 3. The van der Waals surface area contributed by atoms with E-state index in [0.29, 0.717) is 52.3 Å². The second-order valence-electron chi connectivity index (χ2n) is 23.5. The van der Waals surface area contributed by atoms with Crippen molar-refractivity contribution in [3.8, 4) is 0 Å². The summed E-state index contributed by atoms with van der Waals surface area (Å²) in [7, 11) is 5.02. The summed E-state index contributed by atoms with van der Waals surface area (Å²) in [4.78, 5) is 153. The van der Waals surface area contributed by atoms with Crippen molar-refractivity contribution in [2.24, 2.45) is 0 Å². The monoisotopic (exact) mass is 1340 g/mol. The van der Waals surface area contributed by atoms with E-state index in [1.807, 2.05) is 0 Å². The minimum absolute atomic E-state index is 0. The van der Waals surface area contributed by atoms with Gasteiger partial charge < -0.3 is 64.7 Å². The van der Waals surface area contributed by atoms with Gasteiger partial charge in [-0.3, -0.25) is 87.1 Å². The zero-order valence-corrected chi connectivity index (χ0v) is 54.5. The molecule has 2 fully saturated rings. The molecular weight excluding hydrogens is 1240 g/mol. The number of hydrogen-bond donors (Lipinski definition) is 8. The first-order valence-corrected chi connectivity index (χ1v) is 32.4. The fraction of sp³-hybridized carbons (Fsp3) is 0.806. The summed E-state index contributed by atoms with van der Waals surface area (Å²) in [6.07, 6.45) is 11.4. The minimum Gasteiger partial charge on any atom is -0.480 e. The van der Waals surface area contributed by atoms with E-state index >= 15 is 0 Å². The van der Waals surface area contributed by atoms with Crippen molar-refractivity contribution >= 4 is 78.6 Å². The summed E-state index contributed by atoms with van der Waals surface area (Å²) in [6, 6.07) is -2.05. The summed E-state index contributed by atoms with van der Waals surface area (Å²) < 4.78 is 16.0. The predicted octanol–water partition coefficient (Wildman–Crippen LogP) is 0.960. The standard InChI is InChI=1S/C32H56N4O10.C29H49BN4O13.CH4/c1-26(37)11-9-7-5-3-2-4-6-8-10-12-27(38)13-14-28(32(45)46)36-21-19-34(24-30(41)42)17-15-33(23-29(39)40)16-18-35(20-22-36)25-31(43)44;30-25(36)5-15-46-17-19-47-18-16-45-14-1-2-23(35)3-4-24(29(43)44)34-12-10-32(21-27(39)40)8-6-31(20-26(37)38)7-9-33(11-13-34)22-28(41)42;/h28H,2-25H2,1H3,(H,39,40)(H,41,42)(H,43,44)(H,45,46);24H,1-22H2,(H,37,38)(H,39,40)(H,41,42)(H,43,44);1H4. The first kappa shape index (κ1) is 88.1. The van der Waals surface area contributed by atoms with Crippen molar-refractivity contribution < 1.29 is 113 Å². The molecule has 94 heavy (non-hydrogen) atoms. The Morgan fingerprint density at radius 1 is 0.319 bits per heavy atom. The quantitative estimate of drug-likeness (QED) is 0.0311. The van der Waals surface area contributed by atoms with Gasteiger partial charge >= 0.3 is 47.8 Å². The van der Waals surface area contributed by atoms with E-state index in [2.05, 4.69) is 0 Å². The molecule has 2 aliphatic rings. The fourth-order valence-corrected chi connectivity index (χ4v) is 10.6. The Morgan fingerprint density at radius 3 is 0.830 bits per heavy atom. The molecule has 0 aromatic carbocycles. The molecule has 0 spiro atoms. The van der Waals surface area contributed by atoms with Gasteiger partial charge in [0.25, 0.3) is 0 Å². The van der Waals surface area contributed by atoms with Crippen molar-refractivity contribution in [1.29, 1.82) is 0 Å². The van der Waals surface area contributed by atoms with Crippen molar-refractivity contribution in [3.05, 3.63) is 0 Å². The average Bonchev–Trinajstić information content (AvgIpc) is 1.10. The molecule has 2 rings (SSSR count). The first-order valence-electron chi connectivity index (χ1n) is 32.4. The number of carbonyl (C=O) groups excluding carboxylic acids is 4. The molecule has 2 unspecified atom stereocenters. The molecule has 0 bridgehead atoms. The fourth-order valence-electron chi connectivity index (χ4n) is 10.6. The third kappa shape index (κ3) is 48.7. The Labute approximate surface area is 554 Å². The van der Waals surface area contributed by atoms with Crippen LogP contribution < -0.4 is 0 Å². The maximum atomic E-state index is 12.7. The van der Waals surface area contributed by atoms with Gasteiger partial charge in [-0.1, -0.05) is 52.4 Å². The molecule has 0 aliphatic carbocycles. The lowest BCUT2D eigenvalue weighted by molar-refractivity contribution is -0.145. The van der Waals surface area contributed by atoms with Crippen LogP contribution in [0.1, 0.15) is 130 Å². The molecule has 31 nitrogen and oxygen atoms in total. The molecule has 0 aromatic rings. The van der Waals surface area contributed by atoms with Crippen LogP contribution in [0.2, 0.25) is 0 Å². The minimum atomic E-state index is -1.14. The molecule has 32 heteroatoms. The van der Waals surface area contributed by atoms with E-state index in [1.165, 1.54) is 0 Å². The van der Waals surface area contributed by atoms with Crippen molar-refractivity contribution in [2.75, 3.05) is 184 Å². The second-order valence-corrected chi connectivity index (χ2v) is 23.5. The van der Waals surface area contributed by atoms with Crippen LogP contribution in [0.4, 0.5) is 0 Å². The maximum absolute atomic E-state index is 12.7. The third-order valence-corrected chi connectivity index (χ3v) is 15.7. The molecule has 0 amide bonds. The molecule has 2 saturated heterocycles. The number of carboxylic acids is 8. The Kier molecular flexibility index (Phi) is 50.8. The van der Waals surface area contributed by atoms with E-state index in [9.17, 15) is 98.4 Å². The molecule has 0 aromatic heterocycles. The Morgan fingerprint density at radius 2 is 0.564 bits per heavy atom. The Balaban J connectivity index is 0.00000182. The zero-order valence-electron chi connectivity index (χ0n) is 54.5. The number of ketones is 3. The van der Waals surface area contributed by atoms with Crippen LogP contribution in [0, 0.1) is 0 Å². The first-order chi connectivity index (χ1) is 44.2. The molecule has 2 atom stereocenters. The van der Waals surface area contributed by atoms with E-state index in [0.717, 1.165) is 57.8 Å². The number of nitrogens with zero attached hydrogens (tertiary/aromatic N) is 8. The normalized spacial score (nSPS) is 16.8. The van der Waals surface area contributed by atoms with Crippen LogP contribution >= 0.6 is 0 Å². The smallest absolute Gasteiger partial charge is 0.320 e. The molecule has 538 valence electrons. The highest BCUT2D eigenvalue weighted by Gasteiger charge is 2.31. The number of carbonyl (C=O) groups is 12. The van der Waals surface area contributed by atoms with Gasteiger partial charge in [0.1, 0.15) is 29.4 Å². The lowest BCUT2D eigenvalue weighted by atomic mass is 10.0. The summed E-state index contributed by atoms with van der Waals surface area (Å²) in [6.45, 7) is 4.99. The van der Waals surface area contributed by atoms with Crippen molar-refractivity contribution in [2.45, 2.75) is 142 Å². The zero-order chi connectivity index (χ0) is 69.3. The van der Waals surface area contributed by atoms with Crippen LogP contribution in [0.5, 0.6) is 0 Å². The van der Waals surface area contributed by atoms with E-state index < -0.39 is 65.5 Å². The summed E-state index contributed by atoms with van der Waals surface area (Å²) in [5, 5.41) is 76.4. The van der Waals surface area contributed by atoms with Gasteiger partial charge in [0.15, 0.2) is 7.85 Å². The third-order valence-electron chi connectivity index (χ3n) is 15.7. The molecule has 2 heterocycles. The maximum Gasteiger partial charge on any atom is 0.320 e. The van der Waals surface area contributed by atoms with Gasteiger partial charge in [-0.05, 0) is 39.0 Å². The number of ether oxygens (including phenoxy) is 3. The molecule has 0 saturated carbocycles. The molecular formula is C62H109BN8O23. The predicted molar refractivity (Wildman–Crippen MR) is 344 cm³/mol. The van der Waals surface area contributed by atoms with Gasteiger partial charge in [0.2, 0.25) is 0 Å². The molecule has 2 aliphatic heterocycles. The Hall–Kier alpha value is -5.94. The largest absolute Gasteiger partial charge is 0.480 e. The summed E-state index contributed by atoms with van der Waals surface area (Å²) >= 11 is 0. The highest BCUT2D eigenvalue weighted by atomic mass is 16.5. The number of aliphatic carboxylic acids is 8. The summed E-state index contributed by atoms with van der Waals surface area (Å²) in [5.41, 5.74) is -0.435. The van der Waals surface area contributed by atoms with Crippen LogP contribution in [-0.4, -0.2) is 354 Å². The summed E-state index contributed by atoms with van der Waals surface area (Å²) in [5.74, 6) is -8.51. The number of unbranched alkanes of at least 4 members (excludes halogenated alkanes) is 8. The van der Waals surface area contributed by atoms with E-state index in [-0.39, 0.29) is 214 Å². The molecule has 2 radical (unpaired) electrons. The average molecular weight is 1350 g/mol. The highest BCUT2D eigenvalue weighted by molar-refractivity contribution is 6.57. The van der Waals surface area contributed by atoms with E-state index in [4.69, 9.17) is 22.1 Å². The second kappa shape index (κ2) is 54.2. The number of hydrogen-bond acceptors (Lipinski definition) is 23. The molecule has 8 N–H and O–H groups in total. The van der Waals surface area contributed by atoms with Crippen LogP contribution in [-0.2, 0) is 71.7 Å². The highest BCUT2D eigenvalue weighted by Crippen LogP contribution is 2.17. The van der Waals surface area contributed by atoms with Gasteiger partial charge in [0.05, 0.1) is 78.0 Å². The Bertz CT molecular complexity index is 2190. The van der Waals surface area contributed by atoms with Gasteiger partial charge in [0, 0.05) is 150 Å². The number of carboxylic acid groups (broad SMARTS) is 8. The van der Waals surface area contributed by atoms with Gasteiger partial charge in [-0.25, -0.2) is 0 Å².